The fourth-order valence-corrected chi connectivity index (χ4v) is 3.16. The maximum Gasteiger partial charge on any atom is 0.254 e. The van der Waals surface area contributed by atoms with E-state index in [4.69, 9.17) is 4.74 Å². The fraction of sp³-hybridized carbons (Fsp3) is 0.421. The Morgan fingerprint density at radius 2 is 2.31 bits per heavy atom. The number of methoxy groups -OCH3 is 1. The standard InChI is InChI=1S/C19H24N4O3/c1-26-17-6-2-5-15(10-17)19(25)23-9-7-16(13-23)18(24)20-8-3-4-14-11-21-22-12-14/h2,5-6,10-12,16H,3-4,7-9,13H2,1H3,(H,20,24)(H,21,22)/t16-/m1/s1. The van der Waals surface area contributed by atoms with E-state index in [1.807, 2.05) is 6.20 Å². The molecule has 1 atom stereocenters. The van der Waals surface area contributed by atoms with Crippen molar-refractivity contribution in [3.05, 3.63) is 47.8 Å². The van der Waals surface area contributed by atoms with E-state index in [1.54, 1.807) is 42.5 Å². The molecule has 2 aromatic rings. The van der Waals surface area contributed by atoms with Crippen LogP contribution in [0.15, 0.2) is 36.7 Å². The molecule has 0 saturated carbocycles. The summed E-state index contributed by atoms with van der Waals surface area (Å²) >= 11 is 0. The molecule has 2 N–H and O–H groups in total. The summed E-state index contributed by atoms with van der Waals surface area (Å²) in [4.78, 5) is 26.7. The number of nitrogens with one attached hydrogen (secondary N) is 2. The summed E-state index contributed by atoms with van der Waals surface area (Å²) < 4.78 is 5.17. The van der Waals surface area contributed by atoms with Crippen molar-refractivity contribution in [2.75, 3.05) is 26.7 Å². The van der Waals surface area contributed by atoms with Crippen LogP contribution in [-0.4, -0.2) is 53.7 Å². The van der Waals surface area contributed by atoms with E-state index in [-0.39, 0.29) is 17.7 Å². The molecule has 2 amide bonds. The van der Waals surface area contributed by atoms with E-state index in [0.717, 1.165) is 18.4 Å². The molecule has 0 radical (unpaired) electrons. The van der Waals surface area contributed by atoms with Gasteiger partial charge in [0.15, 0.2) is 0 Å². The van der Waals surface area contributed by atoms with Crippen molar-refractivity contribution in [2.45, 2.75) is 19.3 Å². The summed E-state index contributed by atoms with van der Waals surface area (Å²) in [5, 5.41) is 9.66. The van der Waals surface area contributed by atoms with Crippen molar-refractivity contribution in [1.82, 2.24) is 20.4 Å². The predicted octanol–water partition coefficient (Wildman–Crippen LogP) is 1.63. The summed E-state index contributed by atoms with van der Waals surface area (Å²) in [7, 11) is 1.58. The largest absolute Gasteiger partial charge is 0.497 e. The minimum Gasteiger partial charge on any atom is -0.497 e. The number of hydrogen-bond donors (Lipinski definition) is 2. The molecule has 1 aromatic carbocycles. The van der Waals surface area contributed by atoms with E-state index >= 15 is 0 Å². The molecule has 1 fully saturated rings. The first kappa shape index (κ1) is 18.0. The molecule has 1 aromatic heterocycles. The second-order valence-corrected chi connectivity index (χ2v) is 6.47. The van der Waals surface area contributed by atoms with E-state index in [2.05, 4.69) is 15.5 Å². The topological polar surface area (TPSA) is 87.3 Å². The summed E-state index contributed by atoms with van der Waals surface area (Å²) in [5.74, 6) is 0.484. The zero-order chi connectivity index (χ0) is 18.4. The average Bonchev–Trinajstić information content (AvgIpc) is 3.36. The quantitative estimate of drug-likeness (QED) is 0.738. The average molecular weight is 356 g/mol. The molecule has 7 heteroatoms. The maximum absolute atomic E-state index is 12.6. The van der Waals surface area contributed by atoms with Crippen LogP contribution in [0.1, 0.15) is 28.8 Å². The molecule has 7 nitrogen and oxygen atoms in total. The number of ether oxygens (including phenoxy) is 1. The van der Waals surface area contributed by atoms with Crippen LogP contribution in [0.4, 0.5) is 0 Å². The normalized spacial score (nSPS) is 16.5. The monoisotopic (exact) mass is 356 g/mol. The summed E-state index contributed by atoms with van der Waals surface area (Å²) in [5.41, 5.74) is 1.72. The number of aromatic nitrogens is 2. The first-order valence-electron chi connectivity index (χ1n) is 8.86. The lowest BCUT2D eigenvalue weighted by Gasteiger charge is -2.17. The third-order valence-corrected chi connectivity index (χ3v) is 4.66. The molecule has 138 valence electrons. The van der Waals surface area contributed by atoms with Crippen molar-refractivity contribution in [3.8, 4) is 5.75 Å². The number of carbonyl (C=O) groups is 2. The van der Waals surface area contributed by atoms with Gasteiger partial charge in [0.05, 0.1) is 19.2 Å². The highest BCUT2D eigenvalue weighted by molar-refractivity contribution is 5.95. The molecule has 2 heterocycles. The second kappa shape index (κ2) is 8.51. The van der Waals surface area contributed by atoms with Crippen LogP contribution in [-0.2, 0) is 11.2 Å². The van der Waals surface area contributed by atoms with Gasteiger partial charge in [-0.3, -0.25) is 14.7 Å². The first-order chi connectivity index (χ1) is 12.7. The van der Waals surface area contributed by atoms with Gasteiger partial charge in [-0.15, -0.1) is 0 Å². The Balaban J connectivity index is 1.45. The molecular formula is C19H24N4O3. The van der Waals surface area contributed by atoms with Gasteiger partial charge in [0.2, 0.25) is 5.91 Å². The SMILES string of the molecule is COc1cccc(C(=O)N2CC[C@@H](C(=O)NCCCc3cn[nH]c3)C2)c1. The minimum absolute atomic E-state index is 0.0261. The van der Waals surface area contributed by atoms with Crippen LogP contribution in [0.25, 0.3) is 0 Å². The number of carbonyl (C=O) groups excluding carboxylic acids is 2. The minimum atomic E-state index is -0.140. The third kappa shape index (κ3) is 4.41. The zero-order valence-corrected chi connectivity index (χ0v) is 14.9. The molecule has 1 aliphatic rings. The number of amides is 2. The van der Waals surface area contributed by atoms with Crippen LogP contribution in [0.3, 0.4) is 0 Å². The molecule has 0 bridgehead atoms. The van der Waals surface area contributed by atoms with Crippen molar-refractivity contribution < 1.29 is 14.3 Å². The van der Waals surface area contributed by atoms with Gasteiger partial charge in [-0.1, -0.05) is 6.07 Å². The van der Waals surface area contributed by atoms with Crippen LogP contribution in [0.5, 0.6) is 5.75 Å². The molecule has 1 saturated heterocycles. The highest BCUT2D eigenvalue weighted by Crippen LogP contribution is 2.21. The Bertz CT molecular complexity index is 745. The number of hydrogen-bond acceptors (Lipinski definition) is 4. The van der Waals surface area contributed by atoms with Crippen molar-refractivity contribution >= 4 is 11.8 Å². The Morgan fingerprint density at radius 1 is 1.42 bits per heavy atom. The first-order valence-corrected chi connectivity index (χ1v) is 8.86. The Kier molecular flexibility index (Phi) is 5.88. The fourth-order valence-electron chi connectivity index (χ4n) is 3.16. The summed E-state index contributed by atoms with van der Waals surface area (Å²) in [6.07, 6.45) is 6.09. The summed E-state index contributed by atoms with van der Waals surface area (Å²) in [6, 6.07) is 7.10. The second-order valence-electron chi connectivity index (χ2n) is 6.47. The number of benzene rings is 1. The van der Waals surface area contributed by atoms with Gasteiger partial charge in [-0.25, -0.2) is 0 Å². The molecule has 3 rings (SSSR count). The van der Waals surface area contributed by atoms with Gasteiger partial charge >= 0.3 is 0 Å². The van der Waals surface area contributed by atoms with E-state index in [1.165, 1.54) is 0 Å². The molecule has 0 spiro atoms. The Hall–Kier alpha value is -2.83. The van der Waals surface area contributed by atoms with E-state index in [9.17, 15) is 9.59 Å². The lowest BCUT2D eigenvalue weighted by molar-refractivity contribution is -0.124. The number of rotatable bonds is 7. The van der Waals surface area contributed by atoms with Gasteiger partial charge < -0.3 is 15.0 Å². The number of H-pyrrole nitrogens is 1. The van der Waals surface area contributed by atoms with Crippen LogP contribution >= 0.6 is 0 Å². The van der Waals surface area contributed by atoms with Gasteiger partial charge in [0.1, 0.15) is 5.75 Å². The van der Waals surface area contributed by atoms with Crippen molar-refractivity contribution in [1.29, 1.82) is 0 Å². The Morgan fingerprint density at radius 3 is 3.08 bits per heavy atom. The van der Waals surface area contributed by atoms with Crippen molar-refractivity contribution in [3.63, 3.8) is 0 Å². The highest BCUT2D eigenvalue weighted by atomic mass is 16.5. The molecule has 26 heavy (non-hydrogen) atoms. The lowest BCUT2D eigenvalue weighted by Crippen LogP contribution is -2.35. The Labute approximate surface area is 152 Å². The van der Waals surface area contributed by atoms with Crippen LogP contribution in [0.2, 0.25) is 0 Å². The van der Waals surface area contributed by atoms with Gasteiger partial charge in [-0.2, -0.15) is 5.10 Å². The third-order valence-electron chi connectivity index (χ3n) is 4.66. The predicted molar refractivity (Wildman–Crippen MR) is 96.9 cm³/mol. The molecule has 0 aliphatic carbocycles. The lowest BCUT2D eigenvalue weighted by atomic mass is 10.1. The zero-order valence-electron chi connectivity index (χ0n) is 14.9. The number of aromatic amines is 1. The number of likely N-dealkylation sites (tertiary alicyclic amines) is 1. The number of aryl methyl sites for hydroxylation is 1. The molecule has 0 unspecified atom stereocenters. The summed E-state index contributed by atoms with van der Waals surface area (Å²) in [6.45, 7) is 1.69. The smallest absolute Gasteiger partial charge is 0.254 e. The van der Waals surface area contributed by atoms with Crippen LogP contribution in [0, 0.1) is 5.92 Å². The van der Waals surface area contributed by atoms with Gasteiger partial charge in [-0.05, 0) is 43.0 Å². The van der Waals surface area contributed by atoms with E-state index < -0.39 is 0 Å². The van der Waals surface area contributed by atoms with E-state index in [0.29, 0.717) is 37.4 Å². The van der Waals surface area contributed by atoms with Gasteiger partial charge in [0.25, 0.3) is 5.91 Å². The van der Waals surface area contributed by atoms with Crippen LogP contribution < -0.4 is 10.1 Å². The highest BCUT2D eigenvalue weighted by Gasteiger charge is 2.31. The maximum atomic E-state index is 12.6. The molecular weight excluding hydrogens is 332 g/mol. The number of nitrogens with zero attached hydrogens (tertiary/aromatic N) is 2. The van der Waals surface area contributed by atoms with Gasteiger partial charge in [0, 0.05) is 31.4 Å². The molecule has 1 aliphatic heterocycles. The van der Waals surface area contributed by atoms with Crippen molar-refractivity contribution in [2.24, 2.45) is 5.92 Å².